The lowest BCUT2D eigenvalue weighted by Gasteiger charge is -2.31. The molecule has 4 nitrogen and oxygen atoms in total. The first kappa shape index (κ1) is 10.3. The van der Waals surface area contributed by atoms with Crippen molar-refractivity contribution in [1.29, 1.82) is 0 Å². The zero-order valence-electron chi connectivity index (χ0n) is 9.65. The Morgan fingerprint density at radius 3 is 2.88 bits per heavy atom. The minimum absolute atomic E-state index is 0.610. The van der Waals surface area contributed by atoms with E-state index in [4.69, 9.17) is 12.2 Å². The first-order chi connectivity index (χ1) is 7.75. The maximum atomic E-state index is 5.31. The van der Waals surface area contributed by atoms with Crippen molar-refractivity contribution >= 4 is 18.2 Å². The summed E-state index contributed by atoms with van der Waals surface area (Å²) in [5.41, 5.74) is 0. The van der Waals surface area contributed by atoms with Gasteiger partial charge in [-0.15, -0.1) is 5.10 Å². The number of aromatic nitrogens is 3. The molecule has 3 rings (SSSR count). The van der Waals surface area contributed by atoms with Crippen LogP contribution in [0.15, 0.2) is 0 Å². The maximum Gasteiger partial charge on any atom is 0.225 e. The van der Waals surface area contributed by atoms with Crippen molar-refractivity contribution in [1.82, 2.24) is 14.8 Å². The molecule has 88 valence electrons. The summed E-state index contributed by atoms with van der Waals surface area (Å²) in [4.78, 5) is 2.39. The van der Waals surface area contributed by atoms with Crippen molar-refractivity contribution in [2.45, 2.75) is 38.6 Å². The SMILES string of the molecule is CC1CCCN(c2n[nH]c(=S)n2C2CC2)C1. The Morgan fingerprint density at radius 2 is 2.19 bits per heavy atom. The summed E-state index contributed by atoms with van der Waals surface area (Å²) < 4.78 is 3.00. The number of H-pyrrole nitrogens is 1. The average Bonchev–Trinajstić information content (AvgIpc) is 3.02. The first-order valence-electron chi connectivity index (χ1n) is 6.17. The van der Waals surface area contributed by atoms with Crippen molar-refractivity contribution in [2.75, 3.05) is 18.0 Å². The molecule has 1 N–H and O–H groups in total. The Morgan fingerprint density at radius 1 is 1.38 bits per heavy atom. The standard InChI is InChI=1S/C11H18N4S/c1-8-3-2-6-14(7-8)10-12-13-11(16)15(10)9-4-5-9/h8-9H,2-7H2,1H3,(H,13,16). The van der Waals surface area contributed by atoms with E-state index in [1.807, 2.05) is 0 Å². The number of anilines is 1. The van der Waals surface area contributed by atoms with Gasteiger partial charge in [0, 0.05) is 19.1 Å². The van der Waals surface area contributed by atoms with Crippen LogP contribution in [0.3, 0.4) is 0 Å². The molecule has 0 aromatic carbocycles. The molecular formula is C11H18N4S. The van der Waals surface area contributed by atoms with Gasteiger partial charge in [0.25, 0.3) is 0 Å². The molecule has 1 saturated heterocycles. The van der Waals surface area contributed by atoms with E-state index in [1.165, 1.54) is 25.7 Å². The topological polar surface area (TPSA) is 36.9 Å². The molecule has 0 amide bonds. The van der Waals surface area contributed by atoms with Gasteiger partial charge in [-0.1, -0.05) is 6.92 Å². The lowest BCUT2D eigenvalue weighted by atomic mass is 10.0. The van der Waals surface area contributed by atoms with Crippen LogP contribution in [0.25, 0.3) is 0 Å². The number of piperidine rings is 1. The van der Waals surface area contributed by atoms with Gasteiger partial charge < -0.3 is 4.90 Å². The lowest BCUT2D eigenvalue weighted by Crippen LogP contribution is -2.36. The lowest BCUT2D eigenvalue weighted by molar-refractivity contribution is 0.437. The van der Waals surface area contributed by atoms with Gasteiger partial charge in [-0.05, 0) is 43.8 Å². The van der Waals surface area contributed by atoms with Crippen LogP contribution < -0.4 is 4.90 Å². The molecule has 1 aliphatic carbocycles. The smallest absolute Gasteiger partial charge is 0.225 e. The van der Waals surface area contributed by atoms with Gasteiger partial charge in [-0.3, -0.25) is 4.57 Å². The number of nitrogens with one attached hydrogen (secondary N) is 1. The van der Waals surface area contributed by atoms with E-state index < -0.39 is 0 Å². The Labute approximate surface area is 101 Å². The number of aromatic amines is 1. The van der Waals surface area contributed by atoms with E-state index >= 15 is 0 Å². The summed E-state index contributed by atoms with van der Waals surface area (Å²) in [7, 11) is 0. The van der Waals surface area contributed by atoms with Crippen LogP contribution in [0.5, 0.6) is 0 Å². The molecule has 1 aliphatic heterocycles. The summed E-state index contributed by atoms with van der Waals surface area (Å²) in [6.45, 7) is 4.55. The molecule has 0 spiro atoms. The predicted octanol–water partition coefficient (Wildman–Crippen LogP) is 2.51. The first-order valence-corrected chi connectivity index (χ1v) is 6.58. The third kappa shape index (κ3) is 1.77. The summed E-state index contributed by atoms with van der Waals surface area (Å²) in [6, 6.07) is 0.610. The second kappa shape index (κ2) is 3.87. The van der Waals surface area contributed by atoms with E-state index in [-0.39, 0.29) is 0 Å². The second-order valence-corrected chi connectivity index (χ2v) is 5.51. The Balaban J connectivity index is 1.90. The summed E-state index contributed by atoms with van der Waals surface area (Å²) >= 11 is 5.31. The van der Waals surface area contributed by atoms with Crippen LogP contribution in [0.4, 0.5) is 5.95 Å². The van der Waals surface area contributed by atoms with E-state index in [2.05, 4.69) is 26.6 Å². The van der Waals surface area contributed by atoms with Crippen molar-refractivity contribution in [3.63, 3.8) is 0 Å². The van der Waals surface area contributed by atoms with Gasteiger partial charge in [0.05, 0.1) is 0 Å². The fraction of sp³-hybridized carbons (Fsp3) is 0.818. The highest BCUT2D eigenvalue weighted by atomic mass is 32.1. The van der Waals surface area contributed by atoms with E-state index in [1.54, 1.807) is 0 Å². The Kier molecular flexibility index (Phi) is 2.50. The largest absolute Gasteiger partial charge is 0.341 e. The van der Waals surface area contributed by atoms with Crippen LogP contribution in [0.1, 0.15) is 38.6 Å². The molecule has 2 aliphatic rings. The van der Waals surface area contributed by atoms with Gasteiger partial charge in [0.2, 0.25) is 5.95 Å². The van der Waals surface area contributed by atoms with E-state index in [0.29, 0.717) is 6.04 Å². The summed E-state index contributed by atoms with van der Waals surface area (Å²) in [6.07, 6.45) is 5.12. The van der Waals surface area contributed by atoms with Crippen molar-refractivity contribution < 1.29 is 0 Å². The summed E-state index contributed by atoms with van der Waals surface area (Å²) in [5.74, 6) is 1.84. The third-order valence-electron chi connectivity index (χ3n) is 3.54. The molecule has 0 radical (unpaired) electrons. The predicted molar refractivity (Wildman–Crippen MR) is 66.3 cm³/mol. The number of hydrogen-bond acceptors (Lipinski definition) is 3. The van der Waals surface area contributed by atoms with Gasteiger partial charge in [0.15, 0.2) is 4.77 Å². The van der Waals surface area contributed by atoms with Crippen LogP contribution in [-0.2, 0) is 0 Å². The quantitative estimate of drug-likeness (QED) is 0.804. The number of nitrogens with zero attached hydrogens (tertiary/aromatic N) is 3. The highest BCUT2D eigenvalue weighted by molar-refractivity contribution is 7.71. The minimum atomic E-state index is 0.610. The minimum Gasteiger partial charge on any atom is -0.341 e. The van der Waals surface area contributed by atoms with Crippen LogP contribution in [0, 0.1) is 10.7 Å². The Bertz CT molecular complexity index is 431. The second-order valence-electron chi connectivity index (χ2n) is 5.12. The van der Waals surface area contributed by atoms with Crippen LogP contribution in [-0.4, -0.2) is 27.9 Å². The molecule has 5 heteroatoms. The molecule has 1 aromatic rings. The number of rotatable bonds is 2. The molecular weight excluding hydrogens is 220 g/mol. The van der Waals surface area contributed by atoms with E-state index in [0.717, 1.165) is 29.7 Å². The van der Waals surface area contributed by atoms with E-state index in [9.17, 15) is 0 Å². The molecule has 1 aromatic heterocycles. The zero-order chi connectivity index (χ0) is 11.1. The number of hydrogen-bond donors (Lipinski definition) is 1. The molecule has 1 saturated carbocycles. The molecule has 1 atom stereocenters. The fourth-order valence-corrected chi connectivity index (χ4v) is 2.83. The van der Waals surface area contributed by atoms with Crippen molar-refractivity contribution in [3.05, 3.63) is 4.77 Å². The summed E-state index contributed by atoms with van der Waals surface area (Å²) in [5, 5.41) is 7.35. The molecule has 0 bridgehead atoms. The van der Waals surface area contributed by atoms with Crippen molar-refractivity contribution in [3.8, 4) is 0 Å². The normalized spacial score (nSPS) is 26.1. The fourth-order valence-electron chi connectivity index (χ4n) is 2.55. The maximum absolute atomic E-state index is 5.31. The highest BCUT2D eigenvalue weighted by Gasteiger charge is 2.30. The van der Waals surface area contributed by atoms with Gasteiger partial charge in [0.1, 0.15) is 0 Å². The van der Waals surface area contributed by atoms with Gasteiger partial charge in [-0.25, -0.2) is 5.10 Å². The zero-order valence-corrected chi connectivity index (χ0v) is 10.5. The van der Waals surface area contributed by atoms with Crippen molar-refractivity contribution in [2.24, 2.45) is 5.92 Å². The van der Waals surface area contributed by atoms with Crippen LogP contribution >= 0.6 is 12.2 Å². The average molecular weight is 238 g/mol. The molecule has 16 heavy (non-hydrogen) atoms. The third-order valence-corrected chi connectivity index (χ3v) is 3.83. The monoisotopic (exact) mass is 238 g/mol. The Hall–Kier alpha value is -0.840. The van der Waals surface area contributed by atoms with Gasteiger partial charge >= 0.3 is 0 Å². The van der Waals surface area contributed by atoms with Crippen LogP contribution in [0.2, 0.25) is 0 Å². The molecule has 2 heterocycles. The van der Waals surface area contributed by atoms with Gasteiger partial charge in [-0.2, -0.15) is 0 Å². The highest BCUT2D eigenvalue weighted by Crippen LogP contribution is 2.38. The molecule has 1 unspecified atom stereocenters. The molecule has 2 fully saturated rings.